The van der Waals surface area contributed by atoms with E-state index in [1.54, 1.807) is 34.1 Å². The van der Waals surface area contributed by atoms with Gasteiger partial charge in [0.1, 0.15) is 4.90 Å². The van der Waals surface area contributed by atoms with Gasteiger partial charge in [0, 0.05) is 32.0 Å². The molecule has 2 N–H and O–H groups in total. The fourth-order valence-corrected chi connectivity index (χ4v) is 5.49. The molecule has 0 aromatic heterocycles. The molecule has 3 aliphatic heterocycles. The number of likely N-dealkylation sites (tertiary alicyclic amines) is 2. The van der Waals surface area contributed by atoms with Crippen molar-refractivity contribution in [3.8, 4) is 0 Å². The number of piperidine rings is 1. The van der Waals surface area contributed by atoms with Crippen molar-refractivity contribution in [3.05, 3.63) is 24.3 Å². The minimum Gasteiger partial charge on any atom is -0.368 e. The molecular formula is C18H24N4O4S. The Bertz CT molecular complexity index is 857. The van der Waals surface area contributed by atoms with Crippen LogP contribution in [0.15, 0.2) is 29.2 Å². The molecule has 9 heteroatoms. The first-order valence-electron chi connectivity index (χ1n) is 9.37. The number of carbonyl (C=O) groups excluding carboxylic acids is 2. The predicted octanol–water partition coefficient (Wildman–Crippen LogP) is 0.578. The number of carbonyl (C=O) groups is 2. The lowest BCUT2D eigenvalue weighted by atomic mass is 9.94. The Morgan fingerprint density at radius 2 is 2.00 bits per heavy atom. The van der Waals surface area contributed by atoms with E-state index in [-0.39, 0.29) is 29.2 Å². The molecule has 2 amide bonds. The van der Waals surface area contributed by atoms with Crippen molar-refractivity contribution >= 4 is 27.5 Å². The average Bonchev–Trinajstić information content (AvgIpc) is 3.06. The molecule has 146 valence electrons. The molecule has 0 radical (unpaired) electrons. The van der Waals surface area contributed by atoms with Crippen LogP contribution < -0.4 is 10.0 Å². The van der Waals surface area contributed by atoms with E-state index in [1.807, 2.05) is 0 Å². The van der Waals surface area contributed by atoms with Crippen molar-refractivity contribution in [1.29, 1.82) is 0 Å². The van der Waals surface area contributed by atoms with Gasteiger partial charge in [-0.1, -0.05) is 12.1 Å². The summed E-state index contributed by atoms with van der Waals surface area (Å²) >= 11 is 0. The first kappa shape index (κ1) is 18.2. The molecule has 2 atom stereocenters. The maximum Gasteiger partial charge on any atom is 0.244 e. The molecule has 2 saturated heterocycles. The third-order valence-electron chi connectivity index (χ3n) is 5.55. The summed E-state index contributed by atoms with van der Waals surface area (Å²) in [7, 11) is -3.57. The van der Waals surface area contributed by atoms with Crippen molar-refractivity contribution in [1.82, 2.24) is 14.5 Å². The Balaban J connectivity index is 1.44. The first-order chi connectivity index (χ1) is 12.9. The SMILES string of the molecule is O=C1CCCN1CC(=O)N1CCC[C@@H]([C@H]2Nc3ccccc3S(=O)(=O)N2)C1. The van der Waals surface area contributed by atoms with E-state index in [1.165, 1.54) is 0 Å². The van der Waals surface area contributed by atoms with Crippen molar-refractivity contribution in [2.75, 3.05) is 31.5 Å². The summed E-state index contributed by atoms with van der Waals surface area (Å²) in [5, 5.41) is 3.27. The van der Waals surface area contributed by atoms with Crippen LogP contribution in [0.25, 0.3) is 0 Å². The van der Waals surface area contributed by atoms with E-state index >= 15 is 0 Å². The maximum absolute atomic E-state index is 12.6. The zero-order valence-corrected chi connectivity index (χ0v) is 15.9. The Morgan fingerprint density at radius 3 is 2.78 bits per heavy atom. The number of hydrogen-bond acceptors (Lipinski definition) is 5. The van der Waals surface area contributed by atoms with E-state index < -0.39 is 16.2 Å². The average molecular weight is 392 g/mol. The van der Waals surface area contributed by atoms with Gasteiger partial charge in [-0.05, 0) is 31.4 Å². The van der Waals surface area contributed by atoms with Gasteiger partial charge in [0.05, 0.1) is 18.4 Å². The van der Waals surface area contributed by atoms with Crippen LogP contribution in [0.4, 0.5) is 5.69 Å². The number of para-hydroxylation sites is 1. The first-order valence-corrected chi connectivity index (χ1v) is 10.9. The molecule has 0 bridgehead atoms. The number of nitrogens with one attached hydrogen (secondary N) is 2. The minimum atomic E-state index is -3.57. The minimum absolute atomic E-state index is 0.0277. The van der Waals surface area contributed by atoms with Crippen molar-refractivity contribution in [3.63, 3.8) is 0 Å². The number of hydrogen-bond donors (Lipinski definition) is 2. The van der Waals surface area contributed by atoms with Gasteiger partial charge in [-0.2, -0.15) is 4.72 Å². The van der Waals surface area contributed by atoms with Crippen molar-refractivity contribution in [2.45, 2.75) is 36.7 Å². The van der Waals surface area contributed by atoms with Gasteiger partial charge in [-0.25, -0.2) is 8.42 Å². The van der Waals surface area contributed by atoms with Gasteiger partial charge in [-0.3, -0.25) is 9.59 Å². The number of anilines is 1. The van der Waals surface area contributed by atoms with Crippen LogP contribution in [0.5, 0.6) is 0 Å². The highest BCUT2D eigenvalue weighted by Crippen LogP contribution is 2.30. The largest absolute Gasteiger partial charge is 0.368 e. The van der Waals surface area contributed by atoms with E-state index in [0.29, 0.717) is 31.7 Å². The summed E-state index contributed by atoms with van der Waals surface area (Å²) in [6.07, 6.45) is 2.51. The van der Waals surface area contributed by atoms with E-state index in [4.69, 9.17) is 0 Å². The third kappa shape index (κ3) is 3.66. The standard InChI is InChI=1S/C18H24N4O4S/c23-16-8-4-10-22(16)12-17(24)21-9-3-5-13(11-21)18-19-14-6-1-2-7-15(14)27(25,26)20-18/h1-2,6-7,13,18-20H,3-5,8-12H2/t13-,18+/m1/s1. The Morgan fingerprint density at radius 1 is 1.19 bits per heavy atom. The fraction of sp³-hybridized carbons (Fsp3) is 0.556. The number of nitrogens with zero attached hydrogens (tertiary/aromatic N) is 2. The molecule has 27 heavy (non-hydrogen) atoms. The normalized spacial score (nSPS) is 27.2. The molecule has 8 nitrogen and oxygen atoms in total. The highest BCUT2D eigenvalue weighted by molar-refractivity contribution is 7.89. The highest BCUT2D eigenvalue weighted by Gasteiger charge is 2.37. The molecule has 1 aromatic carbocycles. The zero-order chi connectivity index (χ0) is 19.0. The lowest BCUT2D eigenvalue weighted by Crippen LogP contribution is -2.55. The van der Waals surface area contributed by atoms with E-state index in [0.717, 1.165) is 19.3 Å². The Labute approximate surface area is 158 Å². The molecule has 3 heterocycles. The summed E-state index contributed by atoms with van der Waals surface area (Å²) in [6.45, 7) is 1.89. The number of amides is 2. The van der Waals surface area contributed by atoms with Gasteiger partial charge < -0.3 is 15.1 Å². The van der Waals surface area contributed by atoms with Crippen LogP contribution in [0.3, 0.4) is 0 Å². The smallest absolute Gasteiger partial charge is 0.244 e. The summed E-state index contributed by atoms with van der Waals surface area (Å²) < 4.78 is 27.8. The van der Waals surface area contributed by atoms with Gasteiger partial charge in [0.2, 0.25) is 21.8 Å². The van der Waals surface area contributed by atoms with Crippen LogP contribution >= 0.6 is 0 Å². The lowest BCUT2D eigenvalue weighted by Gasteiger charge is -2.40. The molecule has 3 aliphatic rings. The zero-order valence-electron chi connectivity index (χ0n) is 15.1. The molecule has 0 spiro atoms. The third-order valence-corrected chi connectivity index (χ3v) is 7.05. The molecule has 2 fully saturated rings. The van der Waals surface area contributed by atoms with E-state index in [2.05, 4.69) is 10.0 Å². The number of rotatable bonds is 3. The molecular weight excluding hydrogens is 368 g/mol. The van der Waals surface area contributed by atoms with Gasteiger partial charge in [-0.15, -0.1) is 0 Å². The van der Waals surface area contributed by atoms with Crippen LogP contribution in [-0.2, 0) is 19.6 Å². The molecule has 4 rings (SSSR count). The van der Waals surface area contributed by atoms with Crippen LogP contribution in [0.1, 0.15) is 25.7 Å². The predicted molar refractivity (Wildman–Crippen MR) is 99.3 cm³/mol. The molecule has 0 aliphatic carbocycles. The summed E-state index contributed by atoms with van der Waals surface area (Å²) in [6, 6.07) is 6.82. The quantitative estimate of drug-likeness (QED) is 0.784. The Kier molecular flexibility index (Phi) is 4.81. The fourth-order valence-electron chi connectivity index (χ4n) is 4.10. The van der Waals surface area contributed by atoms with Crippen molar-refractivity contribution in [2.24, 2.45) is 5.92 Å². The van der Waals surface area contributed by atoms with Crippen LogP contribution in [0, 0.1) is 5.92 Å². The molecule has 0 saturated carbocycles. The maximum atomic E-state index is 12.6. The van der Waals surface area contributed by atoms with Crippen LogP contribution in [0.2, 0.25) is 0 Å². The summed E-state index contributed by atoms with van der Waals surface area (Å²) in [5.74, 6) is -0.0515. The van der Waals surface area contributed by atoms with Gasteiger partial charge >= 0.3 is 0 Å². The van der Waals surface area contributed by atoms with E-state index in [9.17, 15) is 18.0 Å². The van der Waals surface area contributed by atoms with Gasteiger partial charge in [0.15, 0.2) is 0 Å². The van der Waals surface area contributed by atoms with Crippen molar-refractivity contribution < 1.29 is 18.0 Å². The Hall–Kier alpha value is -2.13. The second-order valence-corrected chi connectivity index (χ2v) is 9.08. The number of fused-ring (bicyclic) bond motifs is 1. The molecule has 0 unspecified atom stereocenters. The lowest BCUT2D eigenvalue weighted by molar-refractivity contribution is -0.139. The van der Waals surface area contributed by atoms with Crippen LogP contribution in [-0.4, -0.2) is 62.4 Å². The summed E-state index contributed by atoms with van der Waals surface area (Å²) in [5.41, 5.74) is 0.590. The second kappa shape index (κ2) is 7.12. The number of benzene rings is 1. The summed E-state index contributed by atoms with van der Waals surface area (Å²) in [4.78, 5) is 28.0. The number of sulfonamides is 1. The van der Waals surface area contributed by atoms with Gasteiger partial charge in [0.25, 0.3) is 0 Å². The topological polar surface area (TPSA) is 98.8 Å². The molecule has 1 aromatic rings. The second-order valence-electron chi connectivity index (χ2n) is 7.40. The highest BCUT2D eigenvalue weighted by atomic mass is 32.2. The monoisotopic (exact) mass is 392 g/mol.